The number of sulfonamides is 1. The van der Waals surface area contributed by atoms with Crippen molar-refractivity contribution in [2.24, 2.45) is 5.92 Å². The van der Waals surface area contributed by atoms with Gasteiger partial charge in [0.05, 0.1) is 6.26 Å². The van der Waals surface area contributed by atoms with Gasteiger partial charge in [-0.3, -0.25) is 0 Å². The lowest BCUT2D eigenvalue weighted by atomic mass is 10.0. The lowest BCUT2D eigenvalue weighted by Crippen LogP contribution is -2.54. The Labute approximate surface area is 127 Å². The highest BCUT2D eigenvalue weighted by atomic mass is 32.2. The molecule has 2 unspecified atom stereocenters. The van der Waals surface area contributed by atoms with Gasteiger partial charge in [0.1, 0.15) is 0 Å². The van der Waals surface area contributed by atoms with Gasteiger partial charge in [0.15, 0.2) is 0 Å². The molecule has 0 spiro atoms. The fourth-order valence-corrected chi connectivity index (χ4v) is 5.73. The van der Waals surface area contributed by atoms with E-state index in [1.54, 1.807) is 4.31 Å². The third kappa shape index (κ3) is 4.62. The molecule has 2 aliphatic rings. The zero-order chi connectivity index (χ0) is 15.7. The number of hydrogen-bond donors (Lipinski definition) is 1. The van der Waals surface area contributed by atoms with Crippen molar-refractivity contribution in [1.82, 2.24) is 13.3 Å². The molecule has 0 aromatic heterocycles. The molecule has 0 aromatic rings. The van der Waals surface area contributed by atoms with Gasteiger partial charge >= 0.3 is 0 Å². The molecule has 0 aromatic carbocycles. The monoisotopic (exact) mass is 339 g/mol. The number of hydrogen-bond acceptors (Lipinski definition) is 4. The second-order valence-electron chi connectivity index (χ2n) is 6.20. The van der Waals surface area contributed by atoms with E-state index in [1.807, 2.05) is 0 Å². The van der Waals surface area contributed by atoms with E-state index in [0.29, 0.717) is 38.4 Å². The summed E-state index contributed by atoms with van der Waals surface area (Å²) in [5.74, 6) is 0.378. The predicted molar refractivity (Wildman–Crippen MR) is 81.5 cm³/mol. The molecule has 0 saturated carbocycles. The number of rotatable bonds is 4. The molecule has 124 valence electrons. The van der Waals surface area contributed by atoms with E-state index in [4.69, 9.17) is 0 Å². The van der Waals surface area contributed by atoms with Crippen LogP contribution in [-0.4, -0.2) is 63.9 Å². The van der Waals surface area contributed by atoms with Crippen LogP contribution in [0.2, 0.25) is 0 Å². The van der Waals surface area contributed by atoms with Crippen LogP contribution in [0, 0.1) is 5.92 Å². The molecule has 2 saturated heterocycles. The van der Waals surface area contributed by atoms with Crippen molar-refractivity contribution in [2.75, 3.05) is 32.4 Å². The van der Waals surface area contributed by atoms with E-state index < -0.39 is 20.2 Å². The maximum atomic E-state index is 12.7. The zero-order valence-corrected chi connectivity index (χ0v) is 14.3. The maximum absolute atomic E-state index is 12.7. The Morgan fingerprint density at radius 3 is 2.10 bits per heavy atom. The Kier molecular flexibility index (Phi) is 5.30. The summed E-state index contributed by atoms with van der Waals surface area (Å²) in [6, 6.07) is -0.328. The second kappa shape index (κ2) is 6.49. The van der Waals surface area contributed by atoms with Gasteiger partial charge in [-0.2, -0.15) is 17.0 Å². The number of nitrogens with one attached hydrogen (secondary N) is 1. The van der Waals surface area contributed by atoms with Crippen LogP contribution in [-0.2, 0) is 20.2 Å². The topological polar surface area (TPSA) is 86.8 Å². The largest absolute Gasteiger partial charge is 0.282 e. The normalized spacial score (nSPS) is 30.4. The highest BCUT2D eigenvalue weighted by Crippen LogP contribution is 2.23. The summed E-state index contributed by atoms with van der Waals surface area (Å²) in [7, 11) is -6.79. The van der Waals surface area contributed by atoms with Crippen molar-refractivity contribution in [1.29, 1.82) is 0 Å². The minimum atomic E-state index is -3.47. The summed E-state index contributed by atoms with van der Waals surface area (Å²) in [6.45, 7) is 3.87. The Bertz CT molecular complexity index is 561. The molecule has 0 bridgehead atoms. The van der Waals surface area contributed by atoms with Crippen LogP contribution in [0.15, 0.2) is 0 Å². The molecular formula is C12H25N3O4S2. The summed E-state index contributed by atoms with van der Waals surface area (Å²) < 4.78 is 53.5. The van der Waals surface area contributed by atoms with Gasteiger partial charge in [0.2, 0.25) is 10.0 Å². The van der Waals surface area contributed by atoms with Crippen LogP contribution in [0.25, 0.3) is 0 Å². The van der Waals surface area contributed by atoms with Crippen molar-refractivity contribution < 1.29 is 16.8 Å². The van der Waals surface area contributed by atoms with Gasteiger partial charge in [-0.25, -0.2) is 13.1 Å². The van der Waals surface area contributed by atoms with Crippen LogP contribution in [0.3, 0.4) is 0 Å². The standard InChI is InChI=1S/C12H25N3O4S2/c1-11-5-3-7-14(9-11)21(18,19)15-8-4-6-12(10-15)13-20(2,16)17/h11-13H,3-10H2,1-2H3. The first-order valence-corrected chi connectivity index (χ1v) is 10.7. The van der Waals surface area contributed by atoms with Crippen LogP contribution in [0.1, 0.15) is 32.6 Å². The molecule has 21 heavy (non-hydrogen) atoms. The van der Waals surface area contributed by atoms with Crippen LogP contribution in [0.4, 0.5) is 0 Å². The van der Waals surface area contributed by atoms with Crippen LogP contribution in [0.5, 0.6) is 0 Å². The third-order valence-electron chi connectivity index (χ3n) is 4.04. The first-order chi connectivity index (χ1) is 9.68. The molecule has 2 fully saturated rings. The van der Waals surface area contributed by atoms with Crippen LogP contribution < -0.4 is 4.72 Å². The SMILES string of the molecule is CC1CCCN(S(=O)(=O)N2CCCC(NS(C)(=O)=O)C2)C1. The first-order valence-electron chi connectivity index (χ1n) is 7.41. The Hall–Kier alpha value is -0.220. The lowest BCUT2D eigenvalue weighted by Gasteiger charge is -2.38. The van der Waals surface area contributed by atoms with Gasteiger partial charge in [0.25, 0.3) is 10.2 Å². The van der Waals surface area contributed by atoms with E-state index in [2.05, 4.69) is 11.6 Å². The Balaban J connectivity index is 2.05. The fraction of sp³-hybridized carbons (Fsp3) is 1.00. The van der Waals surface area contributed by atoms with Gasteiger partial charge in [0, 0.05) is 32.2 Å². The molecule has 2 heterocycles. The molecule has 7 nitrogen and oxygen atoms in total. The Morgan fingerprint density at radius 1 is 0.952 bits per heavy atom. The average Bonchev–Trinajstić information content (AvgIpc) is 2.37. The van der Waals surface area contributed by atoms with Crippen molar-refractivity contribution in [3.8, 4) is 0 Å². The van der Waals surface area contributed by atoms with Gasteiger partial charge in [-0.1, -0.05) is 6.92 Å². The molecule has 2 rings (SSSR count). The highest BCUT2D eigenvalue weighted by molar-refractivity contribution is 7.88. The molecule has 9 heteroatoms. The molecule has 2 aliphatic heterocycles. The van der Waals surface area contributed by atoms with E-state index in [-0.39, 0.29) is 12.6 Å². The molecule has 1 N–H and O–H groups in total. The van der Waals surface area contributed by atoms with E-state index in [9.17, 15) is 16.8 Å². The first kappa shape index (κ1) is 17.1. The minimum absolute atomic E-state index is 0.223. The molecule has 0 aliphatic carbocycles. The molecule has 2 atom stereocenters. The van der Waals surface area contributed by atoms with Crippen molar-refractivity contribution in [3.63, 3.8) is 0 Å². The lowest BCUT2D eigenvalue weighted by molar-refractivity contribution is 0.237. The summed E-state index contributed by atoms with van der Waals surface area (Å²) in [6.07, 6.45) is 4.40. The minimum Gasteiger partial charge on any atom is -0.213 e. The van der Waals surface area contributed by atoms with E-state index in [1.165, 1.54) is 4.31 Å². The molecular weight excluding hydrogens is 314 g/mol. The van der Waals surface area contributed by atoms with Crippen molar-refractivity contribution in [2.45, 2.75) is 38.6 Å². The summed E-state index contributed by atoms with van der Waals surface area (Å²) in [5.41, 5.74) is 0. The van der Waals surface area contributed by atoms with Crippen LogP contribution >= 0.6 is 0 Å². The smallest absolute Gasteiger partial charge is 0.213 e. The number of piperidine rings is 2. The van der Waals surface area contributed by atoms with Crippen molar-refractivity contribution >= 4 is 20.2 Å². The van der Waals surface area contributed by atoms with Gasteiger partial charge in [-0.05, 0) is 31.6 Å². The highest BCUT2D eigenvalue weighted by Gasteiger charge is 2.35. The summed E-state index contributed by atoms with van der Waals surface area (Å²) in [4.78, 5) is 0. The zero-order valence-electron chi connectivity index (χ0n) is 12.7. The number of nitrogens with zero attached hydrogens (tertiary/aromatic N) is 2. The Morgan fingerprint density at radius 2 is 1.52 bits per heavy atom. The quantitative estimate of drug-likeness (QED) is 0.780. The fourth-order valence-electron chi connectivity index (χ4n) is 3.07. The van der Waals surface area contributed by atoms with E-state index >= 15 is 0 Å². The van der Waals surface area contributed by atoms with Gasteiger partial charge < -0.3 is 0 Å². The van der Waals surface area contributed by atoms with Crippen molar-refractivity contribution in [3.05, 3.63) is 0 Å². The average molecular weight is 339 g/mol. The maximum Gasteiger partial charge on any atom is 0.282 e. The third-order valence-corrected chi connectivity index (χ3v) is 6.77. The van der Waals surface area contributed by atoms with E-state index in [0.717, 1.165) is 19.1 Å². The second-order valence-corrected chi connectivity index (χ2v) is 9.91. The molecule has 0 radical (unpaired) electrons. The predicted octanol–water partition coefficient (Wildman–Crippen LogP) is -0.0233. The van der Waals surface area contributed by atoms with Gasteiger partial charge in [-0.15, -0.1) is 0 Å². The molecule has 0 amide bonds. The summed E-state index contributed by atoms with van der Waals surface area (Å²) in [5, 5.41) is 0. The summed E-state index contributed by atoms with van der Waals surface area (Å²) >= 11 is 0.